The first-order valence-electron chi connectivity index (χ1n) is 8.70. The molecule has 2 aromatic carbocycles. The molecule has 0 aliphatic heterocycles. The Morgan fingerprint density at radius 3 is 2.31 bits per heavy atom. The first kappa shape index (κ1) is 19.1. The smallest absolute Gasteiger partial charge is 0.224 e. The average Bonchev–Trinajstić information content (AvgIpc) is 3.45. The van der Waals surface area contributed by atoms with Crippen molar-refractivity contribution in [3.8, 4) is 0 Å². The molecule has 2 unspecified atom stereocenters. The molecule has 0 heterocycles. The predicted octanol–water partition coefficient (Wildman–Crippen LogP) is 4.13. The number of amides is 1. The fourth-order valence-corrected chi connectivity index (χ4v) is 4.82. The zero-order valence-electron chi connectivity index (χ0n) is 14.6. The van der Waals surface area contributed by atoms with Gasteiger partial charge in [-0.2, -0.15) is 0 Å². The highest BCUT2D eigenvalue weighted by molar-refractivity contribution is 9.10. The maximum absolute atomic E-state index is 12.6. The first-order valence-corrected chi connectivity index (χ1v) is 11.1. The molecule has 0 spiro atoms. The summed E-state index contributed by atoms with van der Waals surface area (Å²) >= 11 is 3.30. The number of rotatable bonds is 7. The minimum atomic E-state index is -3.51. The summed E-state index contributed by atoms with van der Waals surface area (Å²) < 4.78 is 25.9. The van der Waals surface area contributed by atoms with Gasteiger partial charge in [0.15, 0.2) is 9.84 Å². The normalized spacial score (nSPS) is 16.7. The maximum Gasteiger partial charge on any atom is 0.224 e. The molecule has 1 aliphatic rings. The van der Waals surface area contributed by atoms with Crippen molar-refractivity contribution in [1.29, 1.82) is 0 Å². The Morgan fingerprint density at radius 2 is 1.73 bits per heavy atom. The summed E-state index contributed by atoms with van der Waals surface area (Å²) in [5, 5.41) is 3.07. The number of hydrogen-bond acceptors (Lipinski definition) is 3. The van der Waals surface area contributed by atoms with Gasteiger partial charge in [0.25, 0.3) is 0 Å². The van der Waals surface area contributed by atoms with Gasteiger partial charge in [-0.15, -0.1) is 0 Å². The number of sulfone groups is 1. The van der Waals surface area contributed by atoms with Crippen molar-refractivity contribution < 1.29 is 13.2 Å². The number of carbonyl (C=O) groups is 1. The van der Waals surface area contributed by atoms with Gasteiger partial charge in [0.2, 0.25) is 5.91 Å². The van der Waals surface area contributed by atoms with Crippen LogP contribution in [0.1, 0.15) is 31.4 Å². The van der Waals surface area contributed by atoms with Crippen molar-refractivity contribution in [1.82, 2.24) is 5.32 Å². The third-order valence-corrected chi connectivity index (χ3v) is 7.10. The zero-order chi connectivity index (χ0) is 18.7. The second-order valence-electron chi connectivity index (χ2n) is 6.87. The molecule has 3 rings (SSSR count). The minimum Gasteiger partial charge on any atom is -0.349 e. The van der Waals surface area contributed by atoms with Crippen LogP contribution in [0.5, 0.6) is 0 Å². The number of carbonyl (C=O) groups excluding carboxylic acids is 1. The molecular formula is C20H22BrNO3S. The highest BCUT2D eigenvalue weighted by atomic mass is 79.9. The monoisotopic (exact) mass is 435 g/mol. The molecule has 0 radical (unpaired) electrons. The van der Waals surface area contributed by atoms with Crippen LogP contribution in [0.3, 0.4) is 0 Å². The molecule has 0 saturated heterocycles. The third kappa shape index (κ3) is 4.74. The van der Waals surface area contributed by atoms with Gasteiger partial charge in [-0.05, 0) is 48.6 Å². The number of nitrogens with one attached hydrogen (secondary N) is 1. The van der Waals surface area contributed by atoms with E-state index in [1.807, 2.05) is 30.3 Å². The van der Waals surface area contributed by atoms with Crippen LogP contribution in [0, 0.1) is 11.8 Å². The Morgan fingerprint density at radius 1 is 1.12 bits per heavy atom. The Bertz CT molecular complexity index is 862. The molecule has 0 aromatic heterocycles. The third-order valence-electron chi connectivity index (χ3n) is 4.64. The molecule has 1 N–H and O–H groups in total. The molecule has 2 atom stereocenters. The summed E-state index contributed by atoms with van der Waals surface area (Å²) in [6, 6.07) is 16.3. The van der Waals surface area contributed by atoms with Gasteiger partial charge in [0.05, 0.1) is 16.7 Å². The average molecular weight is 436 g/mol. The van der Waals surface area contributed by atoms with Gasteiger partial charge in [-0.3, -0.25) is 4.79 Å². The number of hydrogen-bond donors (Lipinski definition) is 1. The van der Waals surface area contributed by atoms with E-state index in [-0.39, 0.29) is 22.6 Å². The van der Waals surface area contributed by atoms with Crippen LogP contribution in [0.25, 0.3) is 0 Å². The maximum atomic E-state index is 12.6. The van der Waals surface area contributed by atoms with E-state index in [9.17, 15) is 13.2 Å². The van der Waals surface area contributed by atoms with Gasteiger partial charge in [0.1, 0.15) is 0 Å². The molecule has 26 heavy (non-hydrogen) atoms. The predicted molar refractivity (Wildman–Crippen MR) is 105 cm³/mol. The van der Waals surface area contributed by atoms with Gasteiger partial charge in [0, 0.05) is 10.4 Å². The fourth-order valence-electron chi connectivity index (χ4n) is 3.00. The Hall–Kier alpha value is -1.66. The summed E-state index contributed by atoms with van der Waals surface area (Å²) in [4.78, 5) is 12.9. The van der Waals surface area contributed by atoms with Gasteiger partial charge in [-0.25, -0.2) is 8.42 Å². The molecule has 2 aromatic rings. The van der Waals surface area contributed by atoms with E-state index in [1.165, 1.54) is 0 Å². The van der Waals surface area contributed by atoms with E-state index < -0.39 is 15.8 Å². The lowest BCUT2D eigenvalue weighted by Gasteiger charge is -2.21. The highest BCUT2D eigenvalue weighted by Gasteiger charge is 2.34. The topological polar surface area (TPSA) is 63.2 Å². The molecule has 1 aliphatic carbocycles. The van der Waals surface area contributed by atoms with E-state index >= 15 is 0 Å². The lowest BCUT2D eigenvalue weighted by atomic mass is 10.0. The van der Waals surface area contributed by atoms with Crippen molar-refractivity contribution >= 4 is 31.7 Å². The molecule has 4 nitrogen and oxygen atoms in total. The van der Waals surface area contributed by atoms with E-state index in [1.54, 1.807) is 31.2 Å². The Balaban J connectivity index is 1.68. The van der Waals surface area contributed by atoms with Gasteiger partial charge >= 0.3 is 0 Å². The van der Waals surface area contributed by atoms with Crippen molar-refractivity contribution in [2.45, 2.75) is 30.7 Å². The van der Waals surface area contributed by atoms with Crippen LogP contribution >= 0.6 is 15.9 Å². The number of halogens is 1. The lowest BCUT2D eigenvalue weighted by molar-refractivity contribution is -0.124. The van der Waals surface area contributed by atoms with Gasteiger partial charge in [-0.1, -0.05) is 53.2 Å². The van der Waals surface area contributed by atoms with Crippen LogP contribution in [-0.2, 0) is 14.6 Å². The fraction of sp³-hybridized carbons (Fsp3) is 0.350. The highest BCUT2D eigenvalue weighted by Crippen LogP contribution is 2.41. The molecule has 138 valence electrons. The van der Waals surface area contributed by atoms with Crippen LogP contribution in [0.2, 0.25) is 0 Å². The van der Waals surface area contributed by atoms with Crippen molar-refractivity contribution in [3.05, 3.63) is 64.6 Å². The Kier molecular flexibility index (Phi) is 5.82. The van der Waals surface area contributed by atoms with E-state index in [0.717, 1.165) is 22.9 Å². The van der Waals surface area contributed by atoms with Crippen LogP contribution in [-0.4, -0.2) is 20.1 Å². The largest absolute Gasteiger partial charge is 0.349 e. The summed E-state index contributed by atoms with van der Waals surface area (Å²) in [5.41, 5.74) is 1.08. The first-order chi connectivity index (χ1) is 12.4. The second-order valence-corrected chi connectivity index (χ2v) is 9.82. The summed E-state index contributed by atoms with van der Waals surface area (Å²) in [5.74, 6) is -0.594. The minimum absolute atomic E-state index is 0.0402. The quantitative estimate of drug-likeness (QED) is 0.710. The molecule has 6 heteroatoms. The van der Waals surface area contributed by atoms with Crippen molar-refractivity contribution in [2.24, 2.45) is 11.8 Å². The zero-order valence-corrected chi connectivity index (χ0v) is 17.0. The SMILES string of the molecule is CC(CS(=O)(=O)c1ccc(Br)cc1)C(=O)NC(c1ccccc1)C1CC1. The second kappa shape index (κ2) is 7.92. The summed E-state index contributed by atoms with van der Waals surface area (Å²) in [7, 11) is -3.51. The van der Waals surface area contributed by atoms with Crippen molar-refractivity contribution in [2.75, 3.05) is 5.75 Å². The van der Waals surface area contributed by atoms with E-state index in [0.29, 0.717) is 5.92 Å². The van der Waals surface area contributed by atoms with E-state index in [4.69, 9.17) is 0 Å². The summed E-state index contributed by atoms with van der Waals surface area (Å²) in [6.07, 6.45) is 2.18. The Labute approximate surface area is 163 Å². The molecule has 0 bridgehead atoms. The van der Waals surface area contributed by atoms with Crippen LogP contribution in [0.4, 0.5) is 0 Å². The molecular weight excluding hydrogens is 414 g/mol. The lowest BCUT2D eigenvalue weighted by Crippen LogP contribution is -2.36. The molecule has 1 fully saturated rings. The van der Waals surface area contributed by atoms with Gasteiger partial charge < -0.3 is 5.32 Å². The van der Waals surface area contributed by atoms with Crippen LogP contribution in [0.15, 0.2) is 64.0 Å². The molecule has 1 saturated carbocycles. The van der Waals surface area contributed by atoms with Crippen molar-refractivity contribution in [3.63, 3.8) is 0 Å². The standard InChI is InChI=1S/C20H22BrNO3S/c1-14(13-26(24,25)18-11-9-17(21)10-12-18)20(23)22-19(16-7-8-16)15-5-3-2-4-6-15/h2-6,9-12,14,16,19H,7-8,13H2,1H3,(H,22,23). The molecule has 1 amide bonds. The summed E-state index contributed by atoms with van der Waals surface area (Å²) in [6.45, 7) is 1.67. The number of benzene rings is 2. The van der Waals surface area contributed by atoms with Crippen LogP contribution < -0.4 is 5.32 Å². The van der Waals surface area contributed by atoms with E-state index in [2.05, 4.69) is 21.2 Å².